The molecule has 2 heterocycles. The lowest BCUT2D eigenvalue weighted by molar-refractivity contribution is -0.137. The van der Waals surface area contributed by atoms with Gasteiger partial charge in [-0.3, -0.25) is 11.7 Å². The zero-order valence-electron chi connectivity index (χ0n) is 19.2. The van der Waals surface area contributed by atoms with Gasteiger partial charge in [-0.2, -0.15) is 18.7 Å². The molecule has 11 heteroatoms. The summed E-state index contributed by atoms with van der Waals surface area (Å²) in [5.41, 5.74) is 2.11. The summed E-state index contributed by atoms with van der Waals surface area (Å²) >= 11 is 0. The molecule has 3 aromatic rings. The van der Waals surface area contributed by atoms with Crippen molar-refractivity contribution in [2.75, 3.05) is 19.6 Å². The lowest BCUT2D eigenvalue weighted by Gasteiger charge is -2.26. The summed E-state index contributed by atoms with van der Waals surface area (Å²) in [6.45, 7) is 2.87. The van der Waals surface area contributed by atoms with E-state index in [1.54, 1.807) is 23.7 Å². The zero-order valence-corrected chi connectivity index (χ0v) is 19.2. The van der Waals surface area contributed by atoms with E-state index in [1.165, 1.54) is 37.5 Å². The Morgan fingerprint density at radius 3 is 2.20 bits per heavy atom. The first-order chi connectivity index (χ1) is 16.8. The highest BCUT2D eigenvalue weighted by molar-refractivity contribution is 5.56. The van der Waals surface area contributed by atoms with Crippen molar-refractivity contribution >= 4 is 0 Å². The van der Waals surface area contributed by atoms with Gasteiger partial charge in [0.05, 0.1) is 5.56 Å². The van der Waals surface area contributed by atoms with E-state index >= 15 is 0 Å². The van der Waals surface area contributed by atoms with E-state index in [0.29, 0.717) is 30.1 Å². The van der Waals surface area contributed by atoms with Crippen LogP contribution >= 0.6 is 0 Å². The van der Waals surface area contributed by atoms with Gasteiger partial charge in [0.1, 0.15) is 17.5 Å². The number of nitrogens with one attached hydrogen (secondary N) is 1. The predicted molar refractivity (Wildman–Crippen MR) is 125 cm³/mol. The Kier molecular flexibility index (Phi) is 9.61. The van der Waals surface area contributed by atoms with Crippen LogP contribution in [-0.4, -0.2) is 39.5 Å². The van der Waals surface area contributed by atoms with Gasteiger partial charge in [0.15, 0.2) is 5.82 Å². The highest BCUT2D eigenvalue weighted by atomic mass is 19.4. The summed E-state index contributed by atoms with van der Waals surface area (Å²) in [7, 11) is 0. The molecule has 188 valence electrons. The number of alkyl halides is 3. The van der Waals surface area contributed by atoms with Gasteiger partial charge in [-0.25, -0.2) is 19.3 Å². The van der Waals surface area contributed by atoms with Crippen LogP contribution in [0.25, 0.3) is 11.4 Å². The lowest BCUT2D eigenvalue weighted by atomic mass is 10.1. The maximum Gasteiger partial charge on any atom is 0.416 e. The van der Waals surface area contributed by atoms with Gasteiger partial charge >= 0.3 is 6.18 Å². The molecule has 0 amide bonds. The molecule has 0 bridgehead atoms. The van der Waals surface area contributed by atoms with E-state index in [4.69, 9.17) is 0 Å². The maximum atomic E-state index is 13.2. The highest BCUT2D eigenvalue weighted by Crippen LogP contribution is 2.31. The molecule has 1 aliphatic heterocycles. The molecule has 1 aromatic heterocycles. The molecule has 1 aliphatic rings. The summed E-state index contributed by atoms with van der Waals surface area (Å²) in [5, 5.41) is 0. The fourth-order valence-electron chi connectivity index (χ4n) is 3.85. The summed E-state index contributed by atoms with van der Waals surface area (Å²) in [6, 6.07) is 11.0. The molecule has 35 heavy (non-hydrogen) atoms. The van der Waals surface area contributed by atoms with Crippen molar-refractivity contribution in [3.63, 3.8) is 0 Å². The first-order valence-corrected chi connectivity index (χ1v) is 11.3. The van der Waals surface area contributed by atoms with Crippen molar-refractivity contribution in [1.29, 1.82) is 0 Å². The molecule has 0 spiro atoms. The molecule has 5 N–H and O–H groups in total. The molecule has 0 unspecified atom stereocenters. The lowest BCUT2D eigenvalue weighted by Crippen LogP contribution is -2.31. The first kappa shape index (κ1) is 26.6. The number of rotatable bonds is 6. The second kappa shape index (κ2) is 12.6. The number of nitrogens with zero attached hydrogens (tertiary/aromatic N) is 4. The highest BCUT2D eigenvalue weighted by Gasteiger charge is 2.30. The van der Waals surface area contributed by atoms with Gasteiger partial charge in [0.2, 0.25) is 0 Å². The second-order valence-corrected chi connectivity index (χ2v) is 8.19. The van der Waals surface area contributed by atoms with E-state index < -0.39 is 11.7 Å². The van der Waals surface area contributed by atoms with Crippen LogP contribution in [-0.2, 0) is 19.0 Å². The average molecular weight is 492 g/mol. The number of hydrogen-bond acceptors (Lipinski definition) is 7. The third-order valence-corrected chi connectivity index (χ3v) is 5.55. The molecular weight excluding hydrogens is 462 g/mol. The number of likely N-dealkylation sites (tertiary alicyclic amines) is 1. The number of halogens is 4. The van der Waals surface area contributed by atoms with Crippen LogP contribution in [0.4, 0.5) is 17.6 Å². The SMILES string of the molecule is Fc1ccc(Cc2nc(CCN3CCCCC3)nc(-c3cccc(C(F)(F)F)c3)n2)cc1.NNN. The fourth-order valence-corrected chi connectivity index (χ4v) is 3.85. The first-order valence-electron chi connectivity index (χ1n) is 11.3. The van der Waals surface area contributed by atoms with E-state index in [-0.39, 0.29) is 11.6 Å². The van der Waals surface area contributed by atoms with Crippen molar-refractivity contribution in [3.05, 3.63) is 77.1 Å². The van der Waals surface area contributed by atoms with Crippen molar-refractivity contribution in [2.24, 2.45) is 11.7 Å². The Labute approximate surface area is 201 Å². The van der Waals surface area contributed by atoms with E-state index in [0.717, 1.165) is 37.3 Å². The minimum atomic E-state index is -4.45. The number of hydrazine groups is 2. The minimum absolute atomic E-state index is 0.219. The van der Waals surface area contributed by atoms with Crippen LogP contribution in [0.3, 0.4) is 0 Å². The topological polar surface area (TPSA) is 106 Å². The molecule has 4 rings (SSSR count). The molecule has 0 aliphatic carbocycles. The van der Waals surface area contributed by atoms with Crippen molar-refractivity contribution in [3.8, 4) is 11.4 Å². The van der Waals surface area contributed by atoms with E-state index in [1.807, 2.05) is 0 Å². The van der Waals surface area contributed by atoms with Crippen molar-refractivity contribution in [2.45, 2.75) is 38.3 Å². The third-order valence-electron chi connectivity index (χ3n) is 5.55. The van der Waals surface area contributed by atoms with E-state index in [9.17, 15) is 17.6 Å². The van der Waals surface area contributed by atoms with Gasteiger partial charge in [-0.05, 0) is 55.8 Å². The van der Waals surface area contributed by atoms with Crippen LogP contribution in [0, 0.1) is 5.82 Å². The summed E-state index contributed by atoms with van der Waals surface area (Å²) in [5.74, 6) is 9.64. The van der Waals surface area contributed by atoms with Gasteiger partial charge in [0, 0.05) is 24.9 Å². The van der Waals surface area contributed by atoms with Crippen LogP contribution in [0.1, 0.15) is 42.0 Å². The van der Waals surface area contributed by atoms with Gasteiger partial charge < -0.3 is 4.90 Å². The molecule has 2 aromatic carbocycles. The standard InChI is InChI=1S/C24H24F4N4.H5N3/c25-20-9-7-17(8-10-20)15-22-29-21(11-14-32-12-2-1-3-13-32)30-23(31-22)18-5-4-6-19(16-18)24(26,27)28;1-3-2/h4-10,16H,1-3,11-15H2;3H,1-2H2. The van der Waals surface area contributed by atoms with Crippen LogP contribution < -0.4 is 17.2 Å². The van der Waals surface area contributed by atoms with Crippen LogP contribution in [0.5, 0.6) is 0 Å². The number of benzene rings is 2. The molecule has 1 saturated heterocycles. The summed E-state index contributed by atoms with van der Waals surface area (Å²) in [6.07, 6.45) is 0.0578. The van der Waals surface area contributed by atoms with Gasteiger partial charge in [-0.1, -0.05) is 30.7 Å². The Hall–Kier alpha value is -2.99. The third kappa shape index (κ3) is 8.32. The molecular formula is C24H29F4N7. The minimum Gasteiger partial charge on any atom is -0.303 e. The maximum absolute atomic E-state index is 13.2. The average Bonchev–Trinajstić information content (AvgIpc) is 2.85. The molecule has 0 atom stereocenters. The van der Waals surface area contributed by atoms with E-state index in [2.05, 4.69) is 31.5 Å². The molecule has 7 nitrogen and oxygen atoms in total. The quantitative estimate of drug-likeness (QED) is 0.275. The molecule has 0 saturated carbocycles. The summed E-state index contributed by atoms with van der Waals surface area (Å²) < 4.78 is 52.8. The smallest absolute Gasteiger partial charge is 0.303 e. The van der Waals surface area contributed by atoms with Gasteiger partial charge in [-0.15, -0.1) is 0 Å². The van der Waals surface area contributed by atoms with Crippen molar-refractivity contribution in [1.82, 2.24) is 25.4 Å². The van der Waals surface area contributed by atoms with Crippen LogP contribution in [0.15, 0.2) is 48.5 Å². The zero-order chi connectivity index (χ0) is 25.3. The summed E-state index contributed by atoms with van der Waals surface area (Å²) in [4.78, 5) is 15.9. The normalized spacial score (nSPS) is 14.3. The monoisotopic (exact) mass is 491 g/mol. The van der Waals surface area contributed by atoms with Crippen molar-refractivity contribution < 1.29 is 17.6 Å². The Morgan fingerprint density at radius 1 is 0.886 bits per heavy atom. The Bertz CT molecular complexity index is 1070. The molecule has 1 fully saturated rings. The number of hydrogen-bond donors (Lipinski definition) is 3. The number of piperidine rings is 1. The predicted octanol–water partition coefficient (Wildman–Crippen LogP) is 3.64. The number of nitrogens with two attached hydrogens (primary N) is 2. The Balaban J connectivity index is 0.00000108. The molecule has 0 radical (unpaired) electrons. The Morgan fingerprint density at radius 2 is 1.54 bits per heavy atom. The number of aromatic nitrogens is 3. The van der Waals surface area contributed by atoms with Gasteiger partial charge in [0.25, 0.3) is 0 Å². The van der Waals surface area contributed by atoms with Crippen LogP contribution in [0.2, 0.25) is 0 Å². The largest absolute Gasteiger partial charge is 0.416 e. The second-order valence-electron chi connectivity index (χ2n) is 8.19. The fraction of sp³-hybridized carbons (Fsp3) is 0.375.